The Hall–Kier alpha value is -0.620. The van der Waals surface area contributed by atoms with E-state index in [4.69, 9.17) is 10.5 Å². The summed E-state index contributed by atoms with van der Waals surface area (Å²) in [5.41, 5.74) is 4.84. The van der Waals surface area contributed by atoms with E-state index in [1.165, 1.54) is 11.8 Å². The highest BCUT2D eigenvalue weighted by atomic mass is 32.2. The molecule has 0 aromatic carbocycles. The van der Waals surface area contributed by atoms with Crippen LogP contribution in [-0.4, -0.2) is 33.9 Å². The molecular weight excluding hydrogens is 244 g/mol. The number of aliphatic imine (C=N–C) groups is 1. The van der Waals surface area contributed by atoms with Gasteiger partial charge in [-0.15, -0.1) is 0 Å². The quantitative estimate of drug-likeness (QED) is 0.607. The van der Waals surface area contributed by atoms with Crippen molar-refractivity contribution in [3.05, 3.63) is 0 Å². The minimum Gasteiger partial charge on any atom is -0.465 e. The van der Waals surface area contributed by atoms with Gasteiger partial charge in [0.1, 0.15) is 5.25 Å². The molecule has 1 rings (SSSR count). The molecule has 2 N–H and O–H groups in total. The van der Waals surface area contributed by atoms with Crippen molar-refractivity contribution < 1.29 is 9.53 Å². The average molecular weight is 262 g/mol. The van der Waals surface area contributed by atoms with E-state index >= 15 is 0 Å². The number of carbonyl (C=O) groups excluding carboxylic acids is 1. The number of rotatable bonds is 2. The predicted octanol–water partition coefficient (Wildman–Crippen LogP) is 1.76. The molecule has 2 atom stereocenters. The third-order valence-electron chi connectivity index (χ3n) is 1.64. The van der Waals surface area contributed by atoms with E-state index in [1.54, 1.807) is 6.92 Å². The molecule has 92 valence electrons. The lowest BCUT2D eigenvalue weighted by molar-refractivity contribution is -0.142. The Kier molecular flexibility index (Phi) is 7.33. The summed E-state index contributed by atoms with van der Waals surface area (Å²) in [7, 11) is 0. The maximum absolute atomic E-state index is 11.3. The lowest BCUT2D eigenvalue weighted by Crippen LogP contribution is -2.26. The summed E-state index contributed by atoms with van der Waals surface area (Å²) < 4.78 is 4.91. The van der Waals surface area contributed by atoms with E-state index in [0.29, 0.717) is 11.6 Å². The highest BCUT2D eigenvalue weighted by Gasteiger charge is 2.32. The maximum Gasteiger partial charge on any atom is 0.321 e. The van der Waals surface area contributed by atoms with Crippen molar-refractivity contribution in [2.75, 3.05) is 6.61 Å². The molecule has 0 saturated carbocycles. The summed E-state index contributed by atoms with van der Waals surface area (Å²) in [6.45, 7) is 7.79. The second-order valence-electron chi connectivity index (χ2n) is 3.29. The largest absolute Gasteiger partial charge is 0.465 e. The Morgan fingerprint density at radius 1 is 1.69 bits per heavy atom. The number of carbonyl (C=O) groups is 1. The molecule has 0 bridgehead atoms. The van der Waals surface area contributed by atoms with E-state index in [-0.39, 0.29) is 17.3 Å². The van der Waals surface area contributed by atoms with Crippen molar-refractivity contribution >= 4 is 40.0 Å². The van der Waals surface area contributed by atoms with Crippen molar-refractivity contribution in [2.24, 2.45) is 10.7 Å². The number of hydrogen-bond acceptors (Lipinski definition) is 5. The zero-order valence-electron chi connectivity index (χ0n) is 10.0. The van der Waals surface area contributed by atoms with E-state index < -0.39 is 0 Å². The topological polar surface area (TPSA) is 64.7 Å². The van der Waals surface area contributed by atoms with Gasteiger partial charge in [0.05, 0.1) is 22.7 Å². The van der Waals surface area contributed by atoms with Crippen LogP contribution in [0.2, 0.25) is 0 Å². The van der Waals surface area contributed by atoms with Crippen LogP contribution < -0.4 is 5.73 Å². The molecule has 1 heterocycles. The summed E-state index contributed by atoms with van der Waals surface area (Å²) >= 11 is 5.81. The monoisotopic (exact) mass is 262 g/mol. The van der Waals surface area contributed by atoms with Crippen LogP contribution in [0.4, 0.5) is 0 Å². The summed E-state index contributed by atoms with van der Waals surface area (Å²) in [6.07, 6.45) is 0. The molecule has 2 unspecified atom stereocenters. The third-order valence-corrected chi connectivity index (χ3v) is 2.93. The van der Waals surface area contributed by atoms with Crippen LogP contribution in [0.1, 0.15) is 27.7 Å². The number of nitrogens with two attached hydrogens (primary N) is 1. The number of nitrogens with zero attached hydrogens (tertiary/aromatic N) is 1. The molecular formula is C10H18N2O2S2. The smallest absolute Gasteiger partial charge is 0.321 e. The number of ether oxygens (including phenoxy) is 1. The van der Waals surface area contributed by atoms with Gasteiger partial charge in [-0.2, -0.15) is 0 Å². The lowest BCUT2D eigenvalue weighted by atomic mass is 10.2. The molecule has 0 aromatic rings. The number of thiocarbonyl (C=S) groups is 1. The van der Waals surface area contributed by atoms with Gasteiger partial charge < -0.3 is 10.5 Å². The summed E-state index contributed by atoms with van der Waals surface area (Å²) in [4.78, 5) is 16.0. The molecule has 0 saturated heterocycles. The summed E-state index contributed by atoms with van der Waals surface area (Å²) in [6, 6.07) is 0.0639. The number of hydrogen-bond donors (Lipinski definition) is 1. The molecule has 0 aromatic heterocycles. The predicted molar refractivity (Wildman–Crippen MR) is 73.0 cm³/mol. The van der Waals surface area contributed by atoms with Crippen LogP contribution in [0.15, 0.2) is 4.99 Å². The maximum atomic E-state index is 11.3. The van der Waals surface area contributed by atoms with Crippen LogP contribution in [0, 0.1) is 0 Å². The summed E-state index contributed by atoms with van der Waals surface area (Å²) in [5.74, 6) is -0.143. The first kappa shape index (κ1) is 15.4. The van der Waals surface area contributed by atoms with E-state index in [1.807, 2.05) is 20.8 Å². The fraction of sp³-hybridized carbons (Fsp3) is 0.700. The van der Waals surface area contributed by atoms with Gasteiger partial charge in [-0.25, -0.2) is 0 Å². The van der Waals surface area contributed by atoms with Gasteiger partial charge in [0, 0.05) is 0 Å². The van der Waals surface area contributed by atoms with Gasteiger partial charge in [0.25, 0.3) is 0 Å². The highest BCUT2D eigenvalue weighted by Crippen LogP contribution is 2.27. The number of thioether (sulfide) groups is 1. The lowest BCUT2D eigenvalue weighted by Gasteiger charge is -2.10. The fourth-order valence-electron chi connectivity index (χ4n) is 1.14. The van der Waals surface area contributed by atoms with Gasteiger partial charge in [-0.3, -0.25) is 9.79 Å². The van der Waals surface area contributed by atoms with Crippen LogP contribution >= 0.6 is 24.0 Å². The van der Waals surface area contributed by atoms with E-state index in [0.717, 1.165) is 5.04 Å². The molecule has 0 amide bonds. The second-order valence-corrected chi connectivity index (χ2v) is 5.27. The standard InChI is InChI=1S/C8H13NO2S.C2H5NS/c1-4-11-8(10)7-5(2)9-6(3)12-7;1-2(3)4/h5,7H,4H2,1-3H3;1H3,(H2,3,4). The normalized spacial score (nSPS) is 22.9. The molecule has 6 heteroatoms. The minimum atomic E-state index is -0.143. The Labute approximate surface area is 106 Å². The van der Waals surface area contributed by atoms with Crippen molar-refractivity contribution in [3.8, 4) is 0 Å². The molecule has 0 fully saturated rings. The SMILES string of the molecule is CC(N)=S.CCOC(=O)C1SC(C)=NC1C. The first-order valence-corrected chi connectivity index (χ1v) is 6.31. The second kappa shape index (κ2) is 7.62. The summed E-state index contributed by atoms with van der Waals surface area (Å²) in [5, 5.41) is 0.852. The minimum absolute atomic E-state index is 0.0639. The van der Waals surface area contributed by atoms with Crippen molar-refractivity contribution in [1.82, 2.24) is 0 Å². The molecule has 1 aliphatic heterocycles. The highest BCUT2D eigenvalue weighted by molar-refractivity contribution is 8.15. The molecule has 4 nitrogen and oxygen atoms in total. The van der Waals surface area contributed by atoms with Crippen molar-refractivity contribution in [2.45, 2.75) is 39.0 Å². The Bertz CT molecular complexity index is 289. The van der Waals surface area contributed by atoms with Crippen molar-refractivity contribution in [3.63, 3.8) is 0 Å². The molecule has 0 radical (unpaired) electrons. The van der Waals surface area contributed by atoms with E-state index in [2.05, 4.69) is 17.2 Å². The van der Waals surface area contributed by atoms with Crippen LogP contribution in [0.3, 0.4) is 0 Å². The molecule has 0 spiro atoms. The van der Waals surface area contributed by atoms with Crippen LogP contribution in [0.25, 0.3) is 0 Å². The zero-order valence-corrected chi connectivity index (χ0v) is 11.7. The molecule has 0 aliphatic carbocycles. The van der Waals surface area contributed by atoms with Gasteiger partial charge in [0.2, 0.25) is 0 Å². The zero-order chi connectivity index (χ0) is 12.7. The van der Waals surface area contributed by atoms with Crippen molar-refractivity contribution in [1.29, 1.82) is 0 Å². The van der Waals surface area contributed by atoms with Gasteiger partial charge in [0.15, 0.2) is 0 Å². The molecule has 16 heavy (non-hydrogen) atoms. The van der Waals surface area contributed by atoms with E-state index in [9.17, 15) is 4.79 Å². The van der Waals surface area contributed by atoms with Gasteiger partial charge >= 0.3 is 5.97 Å². The molecule has 1 aliphatic rings. The first-order valence-electron chi connectivity index (χ1n) is 5.02. The fourth-order valence-corrected chi connectivity index (χ4v) is 2.15. The van der Waals surface area contributed by atoms with Crippen LogP contribution in [-0.2, 0) is 9.53 Å². The Balaban J connectivity index is 0.000000487. The Morgan fingerprint density at radius 2 is 2.19 bits per heavy atom. The first-order chi connectivity index (χ1) is 7.38. The average Bonchev–Trinajstić information content (AvgIpc) is 2.44. The van der Waals surface area contributed by atoms with Gasteiger partial charge in [-0.1, -0.05) is 24.0 Å². The van der Waals surface area contributed by atoms with Gasteiger partial charge in [-0.05, 0) is 27.7 Å². The Morgan fingerprint density at radius 3 is 2.50 bits per heavy atom. The van der Waals surface area contributed by atoms with Crippen LogP contribution in [0.5, 0.6) is 0 Å². The third kappa shape index (κ3) is 6.07. The number of esters is 1.